The lowest BCUT2D eigenvalue weighted by Crippen LogP contribution is -2.75. The van der Waals surface area contributed by atoms with Crippen LogP contribution in [0.4, 0.5) is 140 Å². The molecule has 123 heavy (non-hydrogen) atoms. The maximum Gasteiger partial charge on any atom is 0.385 e. The van der Waals surface area contributed by atoms with Crippen LogP contribution in [0.5, 0.6) is 0 Å². The summed E-state index contributed by atoms with van der Waals surface area (Å²) in [6.07, 6.45) is 7.05. The van der Waals surface area contributed by atoms with Crippen molar-refractivity contribution >= 4 is 23.8 Å². The monoisotopic (exact) mass is 1870 g/mol. The molecule has 0 saturated heterocycles. The first-order valence-corrected chi connectivity index (χ1v) is 40.2. The summed E-state index contributed by atoms with van der Waals surface area (Å²) in [5.41, 5.74) is -3.60. The summed E-state index contributed by atoms with van der Waals surface area (Å²) in [4.78, 5) is 53.8. The fourth-order valence-electron chi connectivity index (χ4n) is 12.0. The summed E-state index contributed by atoms with van der Waals surface area (Å²) in [7, 11) is 0. The molecule has 0 aromatic rings. The molecular formula is C77H118F32N2O12. The average molecular weight is 1870 g/mol. The highest BCUT2D eigenvalue weighted by molar-refractivity contribution is 5.81. The van der Waals surface area contributed by atoms with Crippen LogP contribution >= 0.6 is 0 Å². The van der Waals surface area contributed by atoms with Gasteiger partial charge in [0.2, 0.25) is 5.91 Å². The summed E-state index contributed by atoms with van der Waals surface area (Å²) in [6, 6.07) is -1.58. The smallest absolute Gasteiger partial charge is 0.385 e. The van der Waals surface area contributed by atoms with Gasteiger partial charge in [-0.05, 0) is 106 Å². The van der Waals surface area contributed by atoms with Crippen molar-refractivity contribution in [2.45, 2.75) is 374 Å². The van der Waals surface area contributed by atoms with Crippen molar-refractivity contribution < 1.29 is 198 Å². The standard InChI is InChI=1S/C77H118F32N2O12/c1-14-18-22-26-32-51(33-27-23-19-15-2)37-40-116-47-62(78,79)66(86,87)70(94,95)74(102,103)76(106,107)72(98,99)68(90,91)64(82,83)49-118-44-53(120-46-55(112)110-39-31-30-36-54(58(115)123-61(11,12)13)111(42-56(113)121-59(5,6)7)43-57(114)122-60(8,9)10)45-119-50-65(84,85)69(92,93)73(100,101)77(108,109)75(104,105)71(96,97)67(88,89)63(80,81)48-117-41-38-52(34-28-24-20-16-3)35-29-25-21-17-4/h51-54H,14-50H2,1-13H3,(H,110,112)/t54-/m0/s1. The second-order valence-corrected chi connectivity index (χ2v) is 33.5. The highest BCUT2D eigenvalue weighted by atomic mass is 19.4. The number of halogens is 32. The molecule has 14 nitrogen and oxygen atoms in total. The van der Waals surface area contributed by atoms with Crippen LogP contribution in [-0.2, 0) is 57.1 Å². The number of carbonyl (C=O) groups is 4. The highest BCUT2D eigenvalue weighted by Gasteiger charge is 2.97. The van der Waals surface area contributed by atoms with E-state index in [0.29, 0.717) is 77.0 Å². The molecule has 0 spiro atoms. The second-order valence-electron chi connectivity index (χ2n) is 33.5. The van der Waals surface area contributed by atoms with Crippen molar-refractivity contribution in [3.8, 4) is 0 Å². The van der Waals surface area contributed by atoms with E-state index in [1.54, 1.807) is 0 Å². The van der Waals surface area contributed by atoms with E-state index < -0.39 is 245 Å². The fraction of sp³-hybridized carbons (Fsp3) is 0.948. The molecule has 0 fully saturated rings. The number of rotatable bonds is 66. The Labute approximate surface area is 695 Å². The molecule has 46 heteroatoms. The van der Waals surface area contributed by atoms with Gasteiger partial charge >= 0.3 is 113 Å². The van der Waals surface area contributed by atoms with Gasteiger partial charge in [-0.25, -0.2) is 0 Å². The summed E-state index contributed by atoms with van der Waals surface area (Å²) in [6.45, 7) is -5.00. The first kappa shape index (κ1) is 118. The summed E-state index contributed by atoms with van der Waals surface area (Å²) < 4.78 is 520. The molecule has 0 aromatic carbocycles. The minimum atomic E-state index is -9.06. The predicted molar refractivity (Wildman–Crippen MR) is 383 cm³/mol. The van der Waals surface area contributed by atoms with Gasteiger partial charge < -0.3 is 43.2 Å². The molecule has 732 valence electrons. The molecule has 0 unspecified atom stereocenters. The largest absolute Gasteiger partial charge is 0.459 e. The van der Waals surface area contributed by atoms with Gasteiger partial charge in [-0.1, -0.05) is 156 Å². The Bertz CT molecular complexity index is 2910. The second kappa shape index (κ2) is 47.8. The zero-order valence-corrected chi connectivity index (χ0v) is 70.9. The summed E-state index contributed by atoms with van der Waals surface area (Å²) >= 11 is 0. The van der Waals surface area contributed by atoms with E-state index in [1.807, 2.05) is 33.0 Å². The molecule has 1 N–H and O–H groups in total. The van der Waals surface area contributed by atoms with Crippen LogP contribution in [0.1, 0.15) is 251 Å². The Kier molecular flexibility index (Phi) is 46.0. The van der Waals surface area contributed by atoms with Crippen LogP contribution in [0.3, 0.4) is 0 Å². The van der Waals surface area contributed by atoms with Crippen molar-refractivity contribution in [1.29, 1.82) is 0 Å². The van der Waals surface area contributed by atoms with Crippen LogP contribution in [0, 0.1) is 11.8 Å². The number of alkyl halides is 32. The quantitative estimate of drug-likeness (QED) is 0.0266. The Balaban J connectivity index is 7.52. The Morgan fingerprint density at radius 3 is 0.813 bits per heavy atom. The third-order valence-corrected chi connectivity index (χ3v) is 19.0. The van der Waals surface area contributed by atoms with E-state index in [1.165, 1.54) is 62.3 Å². The van der Waals surface area contributed by atoms with Gasteiger partial charge in [-0.3, -0.25) is 24.1 Å². The third kappa shape index (κ3) is 32.5. The number of ether oxygens (including phenoxy) is 8. The zero-order valence-electron chi connectivity index (χ0n) is 70.9. The van der Waals surface area contributed by atoms with Gasteiger partial charge in [0, 0.05) is 19.8 Å². The first-order chi connectivity index (χ1) is 55.5. The van der Waals surface area contributed by atoms with E-state index in [-0.39, 0.29) is 25.7 Å². The molecule has 0 aliphatic rings. The highest BCUT2D eigenvalue weighted by Crippen LogP contribution is 2.66. The number of unbranched alkanes of at least 4 members (excludes halogenated alkanes) is 13. The van der Waals surface area contributed by atoms with Gasteiger partial charge in [-0.15, -0.1) is 0 Å². The average Bonchev–Trinajstić information content (AvgIpc) is 0.698. The number of carbonyl (C=O) groups excluding carboxylic acids is 4. The van der Waals surface area contributed by atoms with Crippen molar-refractivity contribution in [3.63, 3.8) is 0 Å². The van der Waals surface area contributed by atoms with Gasteiger partial charge in [0.15, 0.2) is 0 Å². The minimum absolute atomic E-state index is 0.295. The first-order valence-electron chi connectivity index (χ1n) is 40.2. The molecule has 1 atom stereocenters. The number of nitrogens with zero attached hydrogens (tertiary/aromatic N) is 1. The molecule has 0 heterocycles. The number of amides is 1. The fourth-order valence-corrected chi connectivity index (χ4v) is 12.0. The van der Waals surface area contributed by atoms with Crippen molar-refractivity contribution in [1.82, 2.24) is 10.2 Å². The molecular weight excluding hydrogens is 1750 g/mol. The van der Waals surface area contributed by atoms with Crippen LogP contribution in [0.25, 0.3) is 0 Å². The maximum absolute atomic E-state index is 15.3. The molecule has 0 aromatic heterocycles. The van der Waals surface area contributed by atoms with E-state index in [0.717, 1.165) is 56.3 Å². The summed E-state index contributed by atoms with van der Waals surface area (Å²) in [5, 5.41) is 1.94. The molecule has 0 rings (SSSR count). The normalized spacial score (nSPS) is 14.8. The number of hydrogen-bond acceptors (Lipinski definition) is 13. The van der Waals surface area contributed by atoms with Gasteiger partial charge in [-0.2, -0.15) is 140 Å². The van der Waals surface area contributed by atoms with E-state index in [4.69, 9.17) is 14.2 Å². The van der Waals surface area contributed by atoms with Crippen molar-refractivity contribution in [3.05, 3.63) is 0 Å². The molecule has 0 bridgehead atoms. The zero-order chi connectivity index (χ0) is 96.2. The number of esters is 3. The Morgan fingerprint density at radius 1 is 0.301 bits per heavy atom. The number of nitrogens with one attached hydrogen (secondary N) is 1. The lowest BCUT2D eigenvalue weighted by molar-refractivity contribution is -0.455. The summed E-state index contributed by atoms with van der Waals surface area (Å²) in [5.74, 6) is -138. The minimum Gasteiger partial charge on any atom is -0.459 e. The molecule has 0 aliphatic heterocycles. The van der Waals surface area contributed by atoms with E-state index in [2.05, 4.69) is 23.7 Å². The van der Waals surface area contributed by atoms with E-state index >= 15 is 87.8 Å². The molecule has 0 aliphatic carbocycles. The van der Waals surface area contributed by atoms with Crippen LogP contribution in [0.15, 0.2) is 0 Å². The van der Waals surface area contributed by atoms with Gasteiger partial charge in [0.1, 0.15) is 62.0 Å². The van der Waals surface area contributed by atoms with E-state index in [9.17, 15) is 71.9 Å². The van der Waals surface area contributed by atoms with Crippen molar-refractivity contribution in [2.24, 2.45) is 11.8 Å². The Morgan fingerprint density at radius 2 is 0.553 bits per heavy atom. The molecule has 0 radical (unpaired) electrons. The van der Waals surface area contributed by atoms with Crippen molar-refractivity contribution in [2.75, 3.05) is 79.1 Å². The SMILES string of the molecule is CCCCCCC(CCCCCC)CCOCC(F)(F)C(F)(F)C(F)(F)C(F)(F)C(F)(F)C(F)(F)C(F)(F)C(F)(F)COCC(COCC(F)(F)C(F)(F)C(F)(F)C(F)(F)C(F)(F)C(F)(F)C(F)(F)C(F)(F)COCCC(CCCCCC)CCCCCC)OCC(=O)NCCCC[C@@H](C(=O)OC(C)(C)C)N(CC(=O)OC(C)(C)C)CC(=O)OC(C)(C)C. The Hall–Kier alpha value is -4.60. The lowest BCUT2D eigenvalue weighted by Gasteiger charge is -2.43. The lowest BCUT2D eigenvalue weighted by atomic mass is 9.87. The van der Waals surface area contributed by atoms with Crippen LogP contribution in [0.2, 0.25) is 0 Å². The molecule has 0 saturated carbocycles. The molecule has 1 amide bonds. The van der Waals surface area contributed by atoms with Crippen LogP contribution < -0.4 is 5.32 Å². The topological polar surface area (TPSA) is 157 Å². The predicted octanol–water partition coefficient (Wildman–Crippen LogP) is 23.5. The maximum atomic E-state index is 15.3. The third-order valence-electron chi connectivity index (χ3n) is 19.0. The van der Waals surface area contributed by atoms with Gasteiger partial charge in [0.25, 0.3) is 0 Å². The number of hydrogen-bond donors (Lipinski definition) is 1. The van der Waals surface area contributed by atoms with Gasteiger partial charge in [0.05, 0.1) is 26.3 Å². The van der Waals surface area contributed by atoms with Crippen LogP contribution in [-0.4, -0.2) is 232 Å².